The number of rotatable bonds is 7. The molecule has 0 aliphatic carbocycles. The van der Waals surface area contributed by atoms with Crippen molar-refractivity contribution in [3.8, 4) is 0 Å². The van der Waals surface area contributed by atoms with Crippen molar-refractivity contribution in [3.05, 3.63) is 0 Å². The third-order valence-corrected chi connectivity index (χ3v) is 4.85. The molecule has 1 aromatic heterocycles. The van der Waals surface area contributed by atoms with E-state index in [-0.39, 0.29) is 17.7 Å². The number of carbonyl (C=O) groups is 2. The Morgan fingerprint density at radius 3 is 2.64 bits per heavy atom. The van der Waals surface area contributed by atoms with Gasteiger partial charge in [-0.05, 0) is 20.3 Å². The molecule has 2 heterocycles. The number of nitrogens with one attached hydrogen (secondary N) is 2. The summed E-state index contributed by atoms with van der Waals surface area (Å²) in [4.78, 5) is 25.7. The molecule has 9 nitrogen and oxygen atoms in total. The van der Waals surface area contributed by atoms with Gasteiger partial charge in [-0.25, -0.2) is 4.79 Å². The van der Waals surface area contributed by atoms with Gasteiger partial charge in [0, 0.05) is 25.7 Å². The maximum absolute atomic E-state index is 11.9. The zero-order chi connectivity index (χ0) is 18.2. The molecule has 1 fully saturated rings. The zero-order valence-corrected chi connectivity index (χ0v) is 15.8. The number of anilines is 1. The van der Waals surface area contributed by atoms with Gasteiger partial charge >= 0.3 is 6.03 Å². The van der Waals surface area contributed by atoms with Crippen LogP contribution in [0.15, 0.2) is 5.16 Å². The van der Waals surface area contributed by atoms with E-state index >= 15 is 0 Å². The standard InChI is InChI=1S/C15H26N6O3S/c1-4-11(3)16-13(23)17-12(22)10-25-15-19-18-14(21(15)5-2)20-6-8-24-9-7-20/h11H,4-10H2,1-3H3,(H2,16,17,22,23)/t11-/m1/s1. The summed E-state index contributed by atoms with van der Waals surface area (Å²) in [5, 5.41) is 14.1. The van der Waals surface area contributed by atoms with E-state index in [1.165, 1.54) is 11.8 Å². The molecule has 140 valence electrons. The molecule has 0 saturated carbocycles. The van der Waals surface area contributed by atoms with Gasteiger partial charge in [-0.15, -0.1) is 10.2 Å². The van der Waals surface area contributed by atoms with Crippen molar-refractivity contribution in [2.75, 3.05) is 37.0 Å². The van der Waals surface area contributed by atoms with Gasteiger partial charge in [0.25, 0.3) is 0 Å². The van der Waals surface area contributed by atoms with Gasteiger partial charge in [0.1, 0.15) is 0 Å². The molecule has 2 rings (SSSR count). The van der Waals surface area contributed by atoms with Crippen LogP contribution in [-0.4, -0.2) is 64.8 Å². The SMILES string of the molecule is CC[C@@H](C)NC(=O)NC(=O)CSc1nnc(N2CCOCC2)n1CC. The van der Waals surface area contributed by atoms with Crippen molar-refractivity contribution < 1.29 is 14.3 Å². The Bertz CT molecular complexity index is 588. The van der Waals surface area contributed by atoms with Crippen molar-refractivity contribution in [1.82, 2.24) is 25.4 Å². The lowest BCUT2D eigenvalue weighted by Crippen LogP contribution is -2.43. The third kappa shape index (κ3) is 5.60. The lowest BCUT2D eigenvalue weighted by atomic mass is 10.3. The lowest BCUT2D eigenvalue weighted by molar-refractivity contribution is -0.117. The molecule has 1 aliphatic heterocycles. The average molecular weight is 370 g/mol. The van der Waals surface area contributed by atoms with Gasteiger partial charge in [-0.1, -0.05) is 18.7 Å². The number of ether oxygens (including phenoxy) is 1. The molecule has 0 unspecified atom stereocenters. The minimum atomic E-state index is -0.467. The van der Waals surface area contributed by atoms with Crippen molar-refractivity contribution in [2.24, 2.45) is 0 Å². The van der Waals surface area contributed by atoms with E-state index in [9.17, 15) is 9.59 Å². The molecule has 1 aliphatic rings. The molecular weight excluding hydrogens is 344 g/mol. The number of amides is 3. The highest BCUT2D eigenvalue weighted by molar-refractivity contribution is 7.99. The molecule has 1 atom stereocenters. The fourth-order valence-corrected chi connectivity index (χ4v) is 3.11. The quantitative estimate of drug-likeness (QED) is 0.686. The molecule has 0 aromatic carbocycles. The van der Waals surface area contributed by atoms with E-state index in [2.05, 4.69) is 25.7 Å². The Morgan fingerprint density at radius 1 is 1.28 bits per heavy atom. The summed E-state index contributed by atoms with van der Waals surface area (Å²) >= 11 is 1.27. The lowest BCUT2D eigenvalue weighted by Gasteiger charge is -2.27. The Labute approximate surface area is 151 Å². The molecule has 0 radical (unpaired) electrons. The van der Waals surface area contributed by atoms with Crippen molar-refractivity contribution in [1.29, 1.82) is 0 Å². The van der Waals surface area contributed by atoms with Crippen LogP contribution >= 0.6 is 11.8 Å². The highest BCUT2D eigenvalue weighted by Gasteiger charge is 2.20. The number of carbonyl (C=O) groups excluding carboxylic acids is 2. The van der Waals surface area contributed by atoms with Crippen LogP contribution in [0.1, 0.15) is 27.2 Å². The summed E-state index contributed by atoms with van der Waals surface area (Å²) in [6.45, 7) is 9.47. The first-order valence-electron chi connectivity index (χ1n) is 8.54. The number of urea groups is 1. The van der Waals surface area contributed by atoms with Crippen LogP contribution < -0.4 is 15.5 Å². The Balaban J connectivity index is 1.88. The molecule has 10 heteroatoms. The van der Waals surface area contributed by atoms with E-state index < -0.39 is 6.03 Å². The largest absolute Gasteiger partial charge is 0.378 e. The van der Waals surface area contributed by atoms with Crippen LogP contribution in [0.3, 0.4) is 0 Å². The summed E-state index contributed by atoms with van der Waals surface area (Å²) in [5.74, 6) is 0.544. The number of morpholine rings is 1. The molecule has 1 saturated heterocycles. The number of nitrogens with zero attached hydrogens (tertiary/aromatic N) is 4. The number of aromatic nitrogens is 3. The topological polar surface area (TPSA) is 101 Å². The van der Waals surface area contributed by atoms with E-state index in [1.54, 1.807) is 0 Å². The first kappa shape index (κ1) is 19.5. The van der Waals surface area contributed by atoms with Gasteiger partial charge in [-0.3, -0.25) is 14.7 Å². The fourth-order valence-electron chi connectivity index (χ4n) is 2.32. The highest BCUT2D eigenvalue weighted by atomic mass is 32.2. The second-order valence-electron chi connectivity index (χ2n) is 5.75. The van der Waals surface area contributed by atoms with Gasteiger partial charge < -0.3 is 15.0 Å². The minimum absolute atomic E-state index is 0.0275. The maximum Gasteiger partial charge on any atom is 0.321 e. The molecule has 1 aromatic rings. The number of imide groups is 1. The summed E-state index contributed by atoms with van der Waals surface area (Å²) in [6.07, 6.45) is 0.806. The summed E-state index contributed by atoms with van der Waals surface area (Å²) in [7, 11) is 0. The Hall–Kier alpha value is -1.81. The van der Waals surface area contributed by atoms with Gasteiger partial charge in [0.2, 0.25) is 11.9 Å². The van der Waals surface area contributed by atoms with Crippen LogP contribution in [0.5, 0.6) is 0 Å². The number of hydrogen-bond acceptors (Lipinski definition) is 7. The molecular formula is C15H26N6O3S. The first-order chi connectivity index (χ1) is 12.0. The smallest absolute Gasteiger partial charge is 0.321 e. The summed E-state index contributed by atoms with van der Waals surface area (Å²) in [6, 6.07) is -0.439. The van der Waals surface area contributed by atoms with E-state index in [1.807, 2.05) is 25.3 Å². The molecule has 0 spiro atoms. The summed E-state index contributed by atoms with van der Waals surface area (Å²) in [5.41, 5.74) is 0. The monoisotopic (exact) mass is 370 g/mol. The van der Waals surface area contributed by atoms with Crippen molar-refractivity contribution >= 4 is 29.6 Å². The van der Waals surface area contributed by atoms with Crippen LogP contribution in [0.4, 0.5) is 10.7 Å². The highest BCUT2D eigenvalue weighted by Crippen LogP contribution is 2.22. The minimum Gasteiger partial charge on any atom is -0.378 e. The molecule has 2 N–H and O–H groups in total. The Kier molecular flexibility index (Phi) is 7.51. The second-order valence-corrected chi connectivity index (χ2v) is 6.69. The van der Waals surface area contributed by atoms with Gasteiger partial charge in [0.15, 0.2) is 5.16 Å². The van der Waals surface area contributed by atoms with Gasteiger partial charge in [-0.2, -0.15) is 0 Å². The third-order valence-electron chi connectivity index (χ3n) is 3.88. The second kappa shape index (κ2) is 9.62. The molecule has 0 bridgehead atoms. The van der Waals surface area contributed by atoms with Crippen LogP contribution in [0, 0.1) is 0 Å². The van der Waals surface area contributed by atoms with Gasteiger partial charge in [0.05, 0.1) is 19.0 Å². The van der Waals surface area contributed by atoms with Crippen LogP contribution in [0.25, 0.3) is 0 Å². The zero-order valence-electron chi connectivity index (χ0n) is 14.9. The average Bonchev–Trinajstić information content (AvgIpc) is 3.03. The Morgan fingerprint density at radius 2 is 2.00 bits per heavy atom. The van der Waals surface area contributed by atoms with E-state index in [4.69, 9.17) is 4.74 Å². The number of hydrogen-bond donors (Lipinski definition) is 2. The van der Waals surface area contributed by atoms with Crippen LogP contribution in [-0.2, 0) is 16.1 Å². The summed E-state index contributed by atoms with van der Waals surface area (Å²) < 4.78 is 7.33. The van der Waals surface area contributed by atoms with Crippen molar-refractivity contribution in [3.63, 3.8) is 0 Å². The first-order valence-corrected chi connectivity index (χ1v) is 9.52. The van der Waals surface area contributed by atoms with Crippen molar-refractivity contribution in [2.45, 2.75) is 44.9 Å². The normalized spacial score (nSPS) is 15.7. The molecule has 25 heavy (non-hydrogen) atoms. The fraction of sp³-hybridized carbons (Fsp3) is 0.733. The van der Waals surface area contributed by atoms with E-state index in [0.717, 1.165) is 25.5 Å². The predicted molar refractivity (Wildman–Crippen MR) is 95.9 cm³/mol. The maximum atomic E-state index is 11.9. The molecule has 3 amide bonds. The predicted octanol–water partition coefficient (Wildman–Crippen LogP) is 0.851. The van der Waals surface area contributed by atoms with E-state index in [0.29, 0.717) is 24.9 Å². The van der Waals surface area contributed by atoms with Crippen LogP contribution in [0.2, 0.25) is 0 Å². The number of thioether (sulfide) groups is 1.